The molecule has 0 fully saturated rings. The molecule has 100 valence electrons. The van der Waals surface area contributed by atoms with Crippen LogP contribution in [0, 0.1) is 13.8 Å². The van der Waals surface area contributed by atoms with Gasteiger partial charge in [-0.15, -0.1) is 0 Å². The van der Waals surface area contributed by atoms with E-state index < -0.39 is 11.7 Å². The van der Waals surface area contributed by atoms with Crippen molar-refractivity contribution in [2.24, 2.45) is 0 Å². The zero-order valence-electron chi connectivity index (χ0n) is 10.2. The molecule has 0 saturated heterocycles. The summed E-state index contributed by atoms with van der Waals surface area (Å²) in [4.78, 5) is 8.01. The predicted octanol–water partition coefficient (Wildman–Crippen LogP) is 4.43. The van der Waals surface area contributed by atoms with Gasteiger partial charge in [-0.25, -0.2) is 9.97 Å². The van der Waals surface area contributed by atoms with Gasteiger partial charge in [0.1, 0.15) is 11.0 Å². The highest BCUT2D eigenvalue weighted by Gasteiger charge is 2.34. The molecule has 0 saturated carbocycles. The third-order valence-electron chi connectivity index (χ3n) is 2.69. The Bertz CT molecular complexity index is 624. The highest BCUT2D eigenvalue weighted by Crippen LogP contribution is 2.37. The van der Waals surface area contributed by atoms with Crippen molar-refractivity contribution in [3.05, 3.63) is 46.4 Å². The molecule has 19 heavy (non-hydrogen) atoms. The monoisotopic (exact) mass is 286 g/mol. The van der Waals surface area contributed by atoms with Crippen LogP contribution in [0.1, 0.15) is 17.0 Å². The SMILES string of the molecule is Cc1nc(Cl)c(C)c(-c2ccccc2C(F)(F)F)n1. The molecule has 2 rings (SSSR count). The second-order valence-electron chi connectivity index (χ2n) is 4.08. The van der Waals surface area contributed by atoms with Gasteiger partial charge in [-0.3, -0.25) is 0 Å². The van der Waals surface area contributed by atoms with Crippen LogP contribution in [0.4, 0.5) is 13.2 Å². The van der Waals surface area contributed by atoms with Crippen molar-refractivity contribution in [1.82, 2.24) is 9.97 Å². The van der Waals surface area contributed by atoms with Gasteiger partial charge >= 0.3 is 6.18 Å². The molecule has 0 atom stereocenters. The van der Waals surface area contributed by atoms with Crippen LogP contribution >= 0.6 is 11.6 Å². The fourth-order valence-corrected chi connectivity index (χ4v) is 2.01. The fourth-order valence-electron chi connectivity index (χ4n) is 1.79. The van der Waals surface area contributed by atoms with Crippen molar-refractivity contribution in [2.75, 3.05) is 0 Å². The first-order valence-corrected chi connectivity index (χ1v) is 5.86. The molecule has 1 heterocycles. The molecule has 0 spiro atoms. The van der Waals surface area contributed by atoms with Gasteiger partial charge in [0.25, 0.3) is 0 Å². The molecule has 0 aliphatic rings. The fraction of sp³-hybridized carbons (Fsp3) is 0.231. The molecule has 6 heteroatoms. The van der Waals surface area contributed by atoms with E-state index in [1.807, 2.05) is 0 Å². The zero-order valence-corrected chi connectivity index (χ0v) is 11.0. The van der Waals surface area contributed by atoms with E-state index in [4.69, 9.17) is 11.6 Å². The van der Waals surface area contributed by atoms with Gasteiger partial charge in [0.2, 0.25) is 0 Å². The van der Waals surface area contributed by atoms with Crippen molar-refractivity contribution in [1.29, 1.82) is 0 Å². The maximum Gasteiger partial charge on any atom is 0.417 e. The van der Waals surface area contributed by atoms with E-state index in [2.05, 4.69) is 9.97 Å². The maximum atomic E-state index is 13.0. The normalized spacial score (nSPS) is 11.7. The summed E-state index contributed by atoms with van der Waals surface area (Å²) in [6.45, 7) is 3.19. The maximum absolute atomic E-state index is 13.0. The van der Waals surface area contributed by atoms with Crippen molar-refractivity contribution >= 4 is 11.6 Å². The van der Waals surface area contributed by atoms with Crippen molar-refractivity contribution < 1.29 is 13.2 Å². The summed E-state index contributed by atoms with van der Waals surface area (Å²) < 4.78 is 39.0. The average molecular weight is 287 g/mol. The summed E-state index contributed by atoms with van der Waals surface area (Å²) in [6, 6.07) is 5.29. The summed E-state index contributed by atoms with van der Waals surface area (Å²) in [5, 5.41) is 0.166. The molecule has 0 aliphatic carbocycles. The summed E-state index contributed by atoms with van der Waals surface area (Å²) >= 11 is 5.90. The third-order valence-corrected chi connectivity index (χ3v) is 3.05. The van der Waals surface area contributed by atoms with E-state index in [9.17, 15) is 13.2 Å². The second-order valence-corrected chi connectivity index (χ2v) is 4.44. The number of rotatable bonds is 1. The van der Waals surface area contributed by atoms with Crippen LogP contribution in [0.5, 0.6) is 0 Å². The van der Waals surface area contributed by atoms with Crippen LogP contribution in [0.2, 0.25) is 5.15 Å². The lowest BCUT2D eigenvalue weighted by molar-refractivity contribution is -0.137. The number of hydrogen-bond acceptors (Lipinski definition) is 2. The molecular weight excluding hydrogens is 277 g/mol. The van der Waals surface area contributed by atoms with Crippen molar-refractivity contribution in [3.8, 4) is 11.3 Å². The lowest BCUT2D eigenvalue weighted by Crippen LogP contribution is -2.08. The number of benzene rings is 1. The third kappa shape index (κ3) is 2.71. The molecular formula is C13H10ClF3N2. The minimum atomic E-state index is -4.44. The van der Waals surface area contributed by atoms with Gasteiger partial charge in [-0.1, -0.05) is 29.8 Å². The van der Waals surface area contributed by atoms with Gasteiger partial charge in [0, 0.05) is 11.1 Å². The van der Waals surface area contributed by atoms with Crippen LogP contribution in [0.25, 0.3) is 11.3 Å². The minimum absolute atomic E-state index is 0.0138. The summed E-state index contributed by atoms with van der Waals surface area (Å²) in [7, 11) is 0. The molecule has 2 nitrogen and oxygen atoms in total. The quantitative estimate of drug-likeness (QED) is 0.725. The van der Waals surface area contributed by atoms with Crippen LogP contribution < -0.4 is 0 Å². The molecule has 0 unspecified atom stereocenters. The first-order chi connectivity index (χ1) is 8.80. The number of halogens is 4. The molecule has 0 amide bonds. The van der Waals surface area contributed by atoms with E-state index in [-0.39, 0.29) is 16.4 Å². The summed E-state index contributed by atoms with van der Waals surface area (Å²) in [5.41, 5.74) is -0.0680. The highest BCUT2D eigenvalue weighted by molar-refractivity contribution is 6.30. The minimum Gasteiger partial charge on any atom is -0.233 e. The standard InChI is InChI=1S/C13H10ClF3N2/c1-7-11(18-8(2)19-12(7)14)9-5-3-4-6-10(9)13(15,16)17/h3-6H,1-2H3. The second kappa shape index (κ2) is 4.81. The Balaban J connectivity index is 2.73. The smallest absolute Gasteiger partial charge is 0.233 e. The number of aromatic nitrogens is 2. The lowest BCUT2D eigenvalue weighted by atomic mass is 10.0. The summed E-state index contributed by atoms with van der Waals surface area (Å²) in [5.74, 6) is 0.336. The number of nitrogens with zero attached hydrogens (tertiary/aromatic N) is 2. The Labute approximate surface area is 113 Å². The van der Waals surface area contributed by atoms with Crippen LogP contribution in [-0.4, -0.2) is 9.97 Å². The van der Waals surface area contributed by atoms with E-state index in [1.54, 1.807) is 13.8 Å². The predicted molar refractivity (Wildman–Crippen MR) is 67.0 cm³/mol. The van der Waals surface area contributed by atoms with Crippen LogP contribution in [-0.2, 0) is 6.18 Å². The Morgan fingerprint density at radius 3 is 2.32 bits per heavy atom. The molecule has 2 aromatic rings. The average Bonchev–Trinajstić information content (AvgIpc) is 2.33. The van der Waals surface area contributed by atoms with Gasteiger partial charge in [-0.05, 0) is 19.9 Å². The molecule has 0 radical (unpaired) electrons. The molecule has 1 aromatic heterocycles. The Morgan fingerprint density at radius 1 is 1.05 bits per heavy atom. The van der Waals surface area contributed by atoms with Crippen molar-refractivity contribution in [2.45, 2.75) is 20.0 Å². The lowest BCUT2D eigenvalue weighted by Gasteiger charge is -2.14. The number of hydrogen-bond donors (Lipinski definition) is 0. The van der Waals surface area contributed by atoms with E-state index >= 15 is 0 Å². The zero-order chi connectivity index (χ0) is 14.2. The molecule has 1 aromatic carbocycles. The first kappa shape index (κ1) is 13.8. The number of aryl methyl sites for hydroxylation is 1. The van der Waals surface area contributed by atoms with Crippen LogP contribution in [0.3, 0.4) is 0 Å². The van der Waals surface area contributed by atoms with Crippen LogP contribution in [0.15, 0.2) is 24.3 Å². The Morgan fingerprint density at radius 2 is 1.68 bits per heavy atom. The topological polar surface area (TPSA) is 25.8 Å². The van der Waals surface area contributed by atoms with Gasteiger partial charge in [-0.2, -0.15) is 13.2 Å². The Kier molecular flexibility index (Phi) is 3.49. The van der Waals surface area contributed by atoms with E-state index in [0.717, 1.165) is 6.07 Å². The van der Waals surface area contributed by atoms with Crippen molar-refractivity contribution in [3.63, 3.8) is 0 Å². The van der Waals surface area contributed by atoms with E-state index in [1.165, 1.54) is 18.2 Å². The number of alkyl halides is 3. The molecule has 0 N–H and O–H groups in total. The molecule has 0 aliphatic heterocycles. The Hall–Kier alpha value is -1.62. The highest BCUT2D eigenvalue weighted by atomic mass is 35.5. The summed E-state index contributed by atoms with van der Waals surface area (Å²) in [6.07, 6.45) is -4.44. The first-order valence-electron chi connectivity index (χ1n) is 5.48. The van der Waals surface area contributed by atoms with Gasteiger partial charge in [0.05, 0.1) is 11.3 Å². The largest absolute Gasteiger partial charge is 0.417 e. The van der Waals surface area contributed by atoms with Gasteiger partial charge in [0.15, 0.2) is 0 Å². The molecule has 0 bridgehead atoms. The van der Waals surface area contributed by atoms with Gasteiger partial charge < -0.3 is 0 Å². The van der Waals surface area contributed by atoms with E-state index in [0.29, 0.717) is 11.4 Å².